The van der Waals surface area contributed by atoms with Crippen molar-refractivity contribution in [1.82, 2.24) is 19.4 Å². The van der Waals surface area contributed by atoms with Crippen LogP contribution < -0.4 is 10.5 Å². The zero-order valence-corrected chi connectivity index (χ0v) is 13.2. The predicted molar refractivity (Wildman–Crippen MR) is 86.2 cm³/mol. The van der Waals surface area contributed by atoms with Gasteiger partial charge in [0.1, 0.15) is 0 Å². The minimum Gasteiger partial charge on any atom is -0.349 e. The first-order valence-corrected chi connectivity index (χ1v) is 7.60. The highest BCUT2D eigenvalue weighted by Crippen LogP contribution is 2.12. The molecule has 0 bridgehead atoms. The summed E-state index contributed by atoms with van der Waals surface area (Å²) in [6.45, 7) is 4.14. The van der Waals surface area contributed by atoms with Crippen molar-refractivity contribution in [2.45, 2.75) is 6.54 Å². The van der Waals surface area contributed by atoms with Crippen LogP contribution in [-0.2, 0) is 13.6 Å². The van der Waals surface area contributed by atoms with Gasteiger partial charge in [-0.1, -0.05) is 11.6 Å². The third-order valence-electron chi connectivity index (χ3n) is 3.84. The van der Waals surface area contributed by atoms with Crippen molar-refractivity contribution >= 4 is 17.4 Å². The van der Waals surface area contributed by atoms with E-state index in [9.17, 15) is 4.79 Å². The van der Waals surface area contributed by atoms with E-state index in [0.717, 1.165) is 38.4 Å². The fourth-order valence-electron chi connectivity index (χ4n) is 2.55. The van der Waals surface area contributed by atoms with Crippen molar-refractivity contribution in [3.05, 3.63) is 51.8 Å². The van der Waals surface area contributed by atoms with E-state index in [-0.39, 0.29) is 5.56 Å². The molecule has 22 heavy (non-hydrogen) atoms. The van der Waals surface area contributed by atoms with Crippen molar-refractivity contribution in [2.24, 2.45) is 7.05 Å². The van der Waals surface area contributed by atoms with Crippen molar-refractivity contribution in [2.75, 3.05) is 31.1 Å². The minimum absolute atomic E-state index is 0.0460. The largest absolute Gasteiger partial charge is 0.349 e. The van der Waals surface area contributed by atoms with Gasteiger partial charge in [0.25, 0.3) is 5.56 Å². The molecule has 0 atom stereocenters. The lowest BCUT2D eigenvalue weighted by atomic mass is 10.2. The summed E-state index contributed by atoms with van der Waals surface area (Å²) in [4.78, 5) is 25.0. The van der Waals surface area contributed by atoms with Crippen molar-refractivity contribution < 1.29 is 0 Å². The molecule has 0 N–H and O–H groups in total. The molecule has 0 unspecified atom stereocenters. The third-order valence-corrected chi connectivity index (χ3v) is 4.07. The molecule has 7 heteroatoms. The van der Waals surface area contributed by atoms with Gasteiger partial charge >= 0.3 is 0 Å². The normalized spacial score (nSPS) is 16.0. The Hall–Kier alpha value is -1.92. The number of hydrogen-bond donors (Lipinski definition) is 0. The third kappa shape index (κ3) is 3.28. The molecule has 2 aromatic heterocycles. The van der Waals surface area contributed by atoms with Crippen LogP contribution in [0.15, 0.2) is 35.5 Å². The standard InChI is InChI=1S/C15H18ClN5O/c1-19-5-4-17-14(15(19)22)21-8-6-20(7-9-21)11-13-3-2-12(16)10-18-13/h2-5,10H,6-9,11H2,1H3. The maximum absolute atomic E-state index is 12.1. The Labute approximate surface area is 134 Å². The lowest BCUT2D eigenvalue weighted by molar-refractivity contribution is 0.246. The molecule has 0 spiro atoms. The Morgan fingerprint density at radius 1 is 1.18 bits per heavy atom. The highest BCUT2D eigenvalue weighted by molar-refractivity contribution is 6.30. The van der Waals surface area contributed by atoms with E-state index in [1.54, 1.807) is 30.2 Å². The van der Waals surface area contributed by atoms with Crippen LogP contribution in [0.5, 0.6) is 0 Å². The Balaban J connectivity index is 1.61. The van der Waals surface area contributed by atoms with Crippen molar-refractivity contribution in [1.29, 1.82) is 0 Å². The second kappa shape index (κ2) is 6.46. The molecule has 0 aliphatic carbocycles. The topological polar surface area (TPSA) is 54.3 Å². The Kier molecular flexibility index (Phi) is 4.40. The molecule has 2 aromatic rings. The van der Waals surface area contributed by atoms with Crippen LogP contribution >= 0.6 is 11.6 Å². The number of pyridine rings is 1. The number of hydrogen-bond acceptors (Lipinski definition) is 5. The highest BCUT2D eigenvalue weighted by atomic mass is 35.5. The summed E-state index contributed by atoms with van der Waals surface area (Å²) in [6, 6.07) is 3.81. The van der Waals surface area contributed by atoms with E-state index in [4.69, 9.17) is 11.6 Å². The van der Waals surface area contributed by atoms with Crippen LogP contribution in [-0.4, -0.2) is 45.6 Å². The van der Waals surface area contributed by atoms with Gasteiger partial charge in [-0.05, 0) is 12.1 Å². The van der Waals surface area contributed by atoms with Gasteiger partial charge < -0.3 is 9.47 Å². The summed E-state index contributed by atoms with van der Waals surface area (Å²) in [5, 5.41) is 0.652. The molecule has 1 aliphatic rings. The molecule has 1 fully saturated rings. The Morgan fingerprint density at radius 3 is 2.64 bits per heavy atom. The van der Waals surface area contributed by atoms with Gasteiger partial charge in [0.15, 0.2) is 5.82 Å². The Morgan fingerprint density at radius 2 is 1.95 bits per heavy atom. The number of aromatic nitrogens is 3. The molecule has 6 nitrogen and oxygen atoms in total. The quantitative estimate of drug-likeness (QED) is 0.849. The molecule has 0 aromatic carbocycles. The monoisotopic (exact) mass is 319 g/mol. The van der Waals surface area contributed by atoms with Crippen molar-refractivity contribution in [3.8, 4) is 0 Å². The molecule has 116 valence electrons. The zero-order chi connectivity index (χ0) is 15.5. The average Bonchev–Trinajstić information content (AvgIpc) is 2.53. The van der Waals surface area contributed by atoms with Gasteiger partial charge in [0.05, 0.1) is 10.7 Å². The number of rotatable bonds is 3. The average molecular weight is 320 g/mol. The first-order valence-electron chi connectivity index (χ1n) is 7.23. The lowest BCUT2D eigenvalue weighted by Gasteiger charge is -2.34. The number of nitrogens with zero attached hydrogens (tertiary/aromatic N) is 5. The van der Waals surface area contributed by atoms with Crippen molar-refractivity contribution in [3.63, 3.8) is 0 Å². The van der Waals surface area contributed by atoms with E-state index in [1.165, 1.54) is 0 Å². The fourth-order valence-corrected chi connectivity index (χ4v) is 2.66. The van der Waals surface area contributed by atoms with Crippen LogP contribution in [0.2, 0.25) is 5.02 Å². The predicted octanol–water partition coefficient (Wildman–Crippen LogP) is 1.15. The minimum atomic E-state index is -0.0460. The Bertz CT molecular complexity index is 692. The first-order chi connectivity index (χ1) is 10.6. The summed E-state index contributed by atoms with van der Waals surface area (Å²) >= 11 is 5.85. The highest BCUT2D eigenvalue weighted by Gasteiger charge is 2.20. The SMILES string of the molecule is Cn1ccnc(N2CCN(Cc3ccc(Cl)cn3)CC2)c1=O. The van der Waals surface area contributed by atoms with Gasteiger partial charge in [0.2, 0.25) is 0 Å². The summed E-state index contributed by atoms with van der Waals surface area (Å²) in [6.07, 6.45) is 5.01. The number of piperazine rings is 1. The molecule has 0 amide bonds. The van der Waals surface area contributed by atoms with Gasteiger partial charge in [-0.3, -0.25) is 14.7 Å². The van der Waals surface area contributed by atoms with E-state index in [0.29, 0.717) is 10.8 Å². The number of anilines is 1. The van der Waals surface area contributed by atoms with E-state index >= 15 is 0 Å². The molecule has 1 saturated heterocycles. The van der Waals surface area contributed by atoms with Gasteiger partial charge in [-0.25, -0.2) is 4.98 Å². The molecule has 0 radical (unpaired) electrons. The van der Waals surface area contributed by atoms with E-state index in [2.05, 4.69) is 14.9 Å². The molecule has 3 rings (SSSR count). The zero-order valence-electron chi connectivity index (χ0n) is 12.4. The van der Waals surface area contributed by atoms with Crippen LogP contribution in [0, 0.1) is 0 Å². The molecular formula is C15H18ClN5O. The number of aryl methyl sites for hydroxylation is 1. The van der Waals surface area contributed by atoms with Crippen LogP contribution in [0.4, 0.5) is 5.82 Å². The fraction of sp³-hybridized carbons (Fsp3) is 0.400. The second-order valence-corrected chi connectivity index (χ2v) is 5.83. The van der Waals surface area contributed by atoms with Crippen LogP contribution in [0.25, 0.3) is 0 Å². The molecular weight excluding hydrogens is 302 g/mol. The number of halogens is 1. The van der Waals surface area contributed by atoms with E-state index in [1.807, 2.05) is 17.0 Å². The maximum atomic E-state index is 12.1. The lowest BCUT2D eigenvalue weighted by Crippen LogP contribution is -2.48. The summed E-state index contributed by atoms with van der Waals surface area (Å²) in [5.41, 5.74) is 0.960. The molecule has 3 heterocycles. The molecule has 1 aliphatic heterocycles. The van der Waals surface area contributed by atoms with Crippen LogP contribution in [0.3, 0.4) is 0 Å². The van der Waals surface area contributed by atoms with Gasteiger partial charge in [-0.2, -0.15) is 0 Å². The smallest absolute Gasteiger partial charge is 0.293 e. The first kappa shape index (κ1) is 15.0. The van der Waals surface area contributed by atoms with Crippen LogP contribution in [0.1, 0.15) is 5.69 Å². The summed E-state index contributed by atoms with van der Waals surface area (Å²) in [5.74, 6) is 0.536. The summed E-state index contributed by atoms with van der Waals surface area (Å²) < 4.78 is 1.56. The molecule has 0 saturated carbocycles. The van der Waals surface area contributed by atoms with Gasteiger partial charge in [0, 0.05) is 58.4 Å². The summed E-state index contributed by atoms with van der Waals surface area (Å²) in [7, 11) is 1.75. The van der Waals surface area contributed by atoms with E-state index < -0.39 is 0 Å². The van der Waals surface area contributed by atoms with Gasteiger partial charge in [-0.15, -0.1) is 0 Å². The maximum Gasteiger partial charge on any atom is 0.293 e. The second-order valence-electron chi connectivity index (χ2n) is 5.40.